The van der Waals surface area contributed by atoms with Crippen molar-refractivity contribution in [3.8, 4) is 0 Å². The minimum Gasteiger partial charge on any atom is -0.463 e. The zero-order valence-corrected chi connectivity index (χ0v) is 18.0. The van der Waals surface area contributed by atoms with Crippen LogP contribution in [0.25, 0.3) is 0 Å². The van der Waals surface area contributed by atoms with Gasteiger partial charge in [-0.15, -0.1) is 11.3 Å². The van der Waals surface area contributed by atoms with Gasteiger partial charge in [-0.1, -0.05) is 29.8 Å². The highest BCUT2D eigenvalue weighted by Crippen LogP contribution is 2.28. The van der Waals surface area contributed by atoms with Gasteiger partial charge in [-0.2, -0.15) is 0 Å². The molecule has 1 N–H and O–H groups in total. The molecule has 1 amide bonds. The van der Waals surface area contributed by atoms with Crippen LogP contribution in [0.2, 0.25) is 4.34 Å². The lowest BCUT2D eigenvalue weighted by Crippen LogP contribution is -2.31. The van der Waals surface area contributed by atoms with Crippen LogP contribution in [0.15, 0.2) is 36.4 Å². The first kappa shape index (κ1) is 23.5. The van der Waals surface area contributed by atoms with Crippen LogP contribution in [0.1, 0.15) is 54.4 Å². The first-order valence-electron chi connectivity index (χ1n) is 9.18. The molecule has 0 saturated carbocycles. The summed E-state index contributed by atoms with van der Waals surface area (Å²) in [6.45, 7) is 3.36. The van der Waals surface area contributed by atoms with E-state index in [2.05, 4.69) is 5.32 Å². The minimum absolute atomic E-state index is 0.0529. The van der Waals surface area contributed by atoms with Gasteiger partial charge in [-0.05, 0) is 26.0 Å². The molecule has 1 aromatic heterocycles. The normalized spacial score (nSPS) is 11.7. The summed E-state index contributed by atoms with van der Waals surface area (Å²) < 4.78 is 5.59. The predicted octanol–water partition coefficient (Wildman–Crippen LogP) is 4.47. The number of carbonyl (C=O) groups excluding carboxylic acids is 3. The number of Topliss-reactive ketones (excluding diaryl/α,β-unsaturated/α-hetero) is 1. The van der Waals surface area contributed by atoms with Crippen LogP contribution in [0.4, 0.5) is 5.69 Å². The average Bonchev–Trinajstić information content (AvgIpc) is 3.11. The second kappa shape index (κ2) is 10.8. The number of ketones is 1. The molecule has 1 heterocycles. The lowest BCUT2D eigenvalue weighted by atomic mass is 10.0. The highest BCUT2D eigenvalue weighted by molar-refractivity contribution is 7.18. The molecule has 1 atom stereocenters. The lowest BCUT2D eigenvalue weighted by Gasteiger charge is -2.19. The van der Waals surface area contributed by atoms with Crippen molar-refractivity contribution in [3.63, 3.8) is 0 Å². The summed E-state index contributed by atoms with van der Waals surface area (Å²) in [7, 11) is 0. The molecule has 0 fully saturated rings. The van der Waals surface area contributed by atoms with E-state index in [4.69, 9.17) is 16.3 Å². The standard InChI is InChI=1S/C20H21ClN2O6S/c1-12(2)29-20(26)11-14(13-5-3-4-6-15(13)23(27)28)22-19(25)10-7-16(24)17-8-9-18(21)30-17/h3-6,8-9,12,14H,7,10-11H2,1-2H3,(H,22,25). The summed E-state index contributed by atoms with van der Waals surface area (Å²) in [6.07, 6.45) is -0.828. The maximum atomic E-state index is 12.4. The number of ether oxygens (including phenoxy) is 1. The molecular weight excluding hydrogens is 432 g/mol. The van der Waals surface area contributed by atoms with E-state index >= 15 is 0 Å². The maximum absolute atomic E-state index is 12.4. The fourth-order valence-electron chi connectivity index (χ4n) is 2.75. The second-order valence-corrected chi connectivity index (χ2v) is 8.42. The molecule has 0 aliphatic heterocycles. The fourth-order valence-corrected chi connectivity index (χ4v) is 3.76. The molecule has 0 saturated heterocycles. The van der Waals surface area contributed by atoms with Crippen LogP contribution in [0.3, 0.4) is 0 Å². The Labute approximate surface area is 182 Å². The molecule has 8 nitrogen and oxygen atoms in total. The van der Waals surface area contributed by atoms with Crippen LogP contribution >= 0.6 is 22.9 Å². The molecule has 0 aliphatic carbocycles. The van der Waals surface area contributed by atoms with E-state index in [1.165, 1.54) is 18.2 Å². The molecule has 10 heteroatoms. The first-order valence-corrected chi connectivity index (χ1v) is 10.4. The lowest BCUT2D eigenvalue weighted by molar-refractivity contribution is -0.385. The molecule has 1 unspecified atom stereocenters. The van der Waals surface area contributed by atoms with Gasteiger partial charge in [0.2, 0.25) is 5.91 Å². The van der Waals surface area contributed by atoms with Crippen molar-refractivity contribution in [2.75, 3.05) is 0 Å². The van der Waals surface area contributed by atoms with Crippen LogP contribution in [-0.4, -0.2) is 28.7 Å². The molecule has 0 bridgehead atoms. The molecule has 0 aliphatic rings. The van der Waals surface area contributed by atoms with E-state index in [-0.39, 0.29) is 42.4 Å². The predicted molar refractivity (Wildman–Crippen MR) is 113 cm³/mol. The zero-order valence-electron chi connectivity index (χ0n) is 16.4. The third-order valence-corrected chi connectivity index (χ3v) is 5.28. The van der Waals surface area contributed by atoms with E-state index in [1.807, 2.05) is 0 Å². The van der Waals surface area contributed by atoms with Gasteiger partial charge >= 0.3 is 5.97 Å². The number of thiophene rings is 1. The number of carbonyl (C=O) groups is 3. The number of nitrogens with zero attached hydrogens (tertiary/aromatic N) is 1. The molecule has 30 heavy (non-hydrogen) atoms. The summed E-state index contributed by atoms with van der Waals surface area (Å²) >= 11 is 6.94. The summed E-state index contributed by atoms with van der Waals surface area (Å²) in [5, 5.41) is 14.0. The number of hydrogen-bond acceptors (Lipinski definition) is 7. The van der Waals surface area contributed by atoms with Gasteiger partial charge < -0.3 is 10.1 Å². The molecular formula is C20H21ClN2O6S. The summed E-state index contributed by atoms with van der Waals surface area (Å²) in [5.74, 6) is -1.34. The van der Waals surface area contributed by atoms with Crippen molar-refractivity contribution in [2.45, 2.75) is 45.3 Å². The number of halogens is 1. The largest absolute Gasteiger partial charge is 0.463 e. The van der Waals surface area contributed by atoms with Gasteiger partial charge in [0.15, 0.2) is 5.78 Å². The van der Waals surface area contributed by atoms with Gasteiger partial charge in [0.05, 0.1) is 38.3 Å². The number of nitro benzene ring substituents is 1. The van der Waals surface area contributed by atoms with E-state index in [0.717, 1.165) is 11.3 Å². The van der Waals surface area contributed by atoms with E-state index in [9.17, 15) is 24.5 Å². The molecule has 0 spiro atoms. The Morgan fingerprint density at radius 1 is 1.17 bits per heavy atom. The van der Waals surface area contributed by atoms with Gasteiger partial charge in [0.25, 0.3) is 5.69 Å². The summed E-state index contributed by atoms with van der Waals surface area (Å²) in [4.78, 5) is 48.0. The third-order valence-electron chi connectivity index (χ3n) is 4.01. The highest BCUT2D eigenvalue weighted by atomic mass is 35.5. The average molecular weight is 453 g/mol. The van der Waals surface area contributed by atoms with Crippen molar-refractivity contribution in [2.24, 2.45) is 0 Å². The smallest absolute Gasteiger partial charge is 0.308 e. The van der Waals surface area contributed by atoms with Crippen molar-refractivity contribution in [1.29, 1.82) is 0 Å². The van der Waals surface area contributed by atoms with Crippen molar-refractivity contribution >= 4 is 46.3 Å². The number of para-hydroxylation sites is 1. The van der Waals surface area contributed by atoms with E-state index in [1.54, 1.807) is 32.0 Å². The van der Waals surface area contributed by atoms with Gasteiger partial charge in [-0.3, -0.25) is 24.5 Å². The molecule has 2 aromatic rings. The zero-order chi connectivity index (χ0) is 22.3. The molecule has 1 aromatic carbocycles. The monoisotopic (exact) mass is 452 g/mol. The van der Waals surface area contributed by atoms with Crippen molar-refractivity contribution in [1.82, 2.24) is 5.32 Å². The topological polar surface area (TPSA) is 116 Å². The Morgan fingerprint density at radius 3 is 2.47 bits per heavy atom. The van der Waals surface area contributed by atoms with Crippen molar-refractivity contribution < 1.29 is 24.0 Å². The summed E-state index contributed by atoms with van der Waals surface area (Å²) in [5.41, 5.74) is -0.0302. The second-order valence-electron chi connectivity index (χ2n) is 6.71. The van der Waals surface area contributed by atoms with E-state index < -0.39 is 22.8 Å². The number of nitro groups is 1. The highest BCUT2D eigenvalue weighted by Gasteiger charge is 2.26. The Bertz CT molecular complexity index is 943. The van der Waals surface area contributed by atoms with Crippen LogP contribution in [0.5, 0.6) is 0 Å². The number of hydrogen-bond donors (Lipinski definition) is 1. The van der Waals surface area contributed by atoms with Gasteiger partial charge in [-0.25, -0.2) is 0 Å². The number of amides is 1. The maximum Gasteiger partial charge on any atom is 0.308 e. The number of benzene rings is 1. The van der Waals surface area contributed by atoms with Crippen LogP contribution in [0, 0.1) is 10.1 Å². The fraction of sp³-hybridized carbons (Fsp3) is 0.350. The Balaban J connectivity index is 2.12. The van der Waals surface area contributed by atoms with Crippen molar-refractivity contribution in [3.05, 3.63) is 61.3 Å². The van der Waals surface area contributed by atoms with Crippen LogP contribution < -0.4 is 5.32 Å². The number of esters is 1. The molecule has 0 radical (unpaired) electrons. The van der Waals surface area contributed by atoms with Gasteiger partial charge in [0.1, 0.15) is 0 Å². The summed E-state index contributed by atoms with van der Waals surface area (Å²) in [6, 6.07) is 8.08. The minimum atomic E-state index is -0.961. The quantitative estimate of drug-likeness (QED) is 0.246. The van der Waals surface area contributed by atoms with Crippen LogP contribution in [-0.2, 0) is 14.3 Å². The molecule has 160 valence electrons. The van der Waals surface area contributed by atoms with Gasteiger partial charge in [0, 0.05) is 18.9 Å². The number of nitrogens with one attached hydrogen (secondary N) is 1. The SMILES string of the molecule is CC(C)OC(=O)CC(NC(=O)CCC(=O)c1ccc(Cl)s1)c1ccccc1[N+](=O)[O-]. The molecule has 2 rings (SSSR count). The van der Waals surface area contributed by atoms with E-state index in [0.29, 0.717) is 9.21 Å². The third kappa shape index (κ3) is 6.93. The Kier molecular flexibility index (Phi) is 8.49. The first-order chi connectivity index (χ1) is 14.2. The number of rotatable bonds is 10. The Hall–Kier alpha value is -2.78. The Morgan fingerprint density at radius 2 is 1.87 bits per heavy atom.